The van der Waals surface area contributed by atoms with Crippen LogP contribution in [0.15, 0.2) is 24.3 Å². The van der Waals surface area contributed by atoms with Gasteiger partial charge >= 0.3 is 0 Å². The molecule has 1 heterocycles. The molecular weight excluding hydrogens is 234 g/mol. The Kier molecular flexibility index (Phi) is 4.84. The van der Waals surface area contributed by atoms with E-state index in [2.05, 4.69) is 18.3 Å². The summed E-state index contributed by atoms with van der Waals surface area (Å²) in [6.07, 6.45) is 2.34. The van der Waals surface area contributed by atoms with Crippen molar-refractivity contribution in [3.8, 4) is 0 Å². The Morgan fingerprint density at radius 3 is 2.88 bits per heavy atom. The van der Waals surface area contributed by atoms with E-state index < -0.39 is 0 Å². The molecule has 0 radical (unpaired) electrons. The second kappa shape index (κ2) is 6.39. The highest BCUT2D eigenvalue weighted by molar-refractivity contribution is 6.30. The van der Waals surface area contributed by atoms with Gasteiger partial charge in [-0.2, -0.15) is 0 Å². The zero-order valence-electron chi connectivity index (χ0n) is 10.3. The van der Waals surface area contributed by atoms with Crippen LogP contribution in [0, 0.1) is 5.92 Å². The molecule has 0 saturated carbocycles. The smallest absolute Gasteiger partial charge is 0.0469 e. The first-order chi connectivity index (χ1) is 8.25. The first kappa shape index (κ1) is 12.9. The van der Waals surface area contributed by atoms with E-state index >= 15 is 0 Å². The van der Waals surface area contributed by atoms with Gasteiger partial charge < -0.3 is 10.1 Å². The fraction of sp³-hybridized carbons (Fsp3) is 0.571. The molecule has 1 atom stereocenters. The predicted octanol–water partition coefficient (Wildman–Crippen LogP) is 3.24. The van der Waals surface area contributed by atoms with E-state index in [-0.39, 0.29) is 0 Å². The molecule has 17 heavy (non-hydrogen) atoms. The molecule has 0 bridgehead atoms. The van der Waals surface area contributed by atoms with E-state index in [0.717, 1.165) is 30.7 Å². The van der Waals surface area contributed by atoms with Crippen LogP contribution in [-0.4, -0.2) is 19.3 Å². The molecule has 1 aromatic rings. The zero-order chi connectivity index (χ0) is 12.1. The summed E-state index contributed by atoms with van der Waals surface area (Å²) >= 11 is 5.96. The summed E-state index contributed by atoms with van der Waals surface area (Å²) in [4.78, 5) is 0. The average molecular weight is 254 g/mol. The third-order valence-electron chi connectivity index (χ3n) is 3.49. The molecule has 0 spiro atoms. The van der Waals surface area contributed by atoms with Gasteiger partial charge in [0.1, 0.15) is 0 Å². The number of rotatable bonds is 4. The van der Waals surface area contributed by atoms with Gasteiger partial charge in [-0.15, -0.1) is 0 Å². The van der Waals surface area contributed by atoms with Crippen LogP contribution in [0.25, 0.3) is 0 Å². The monoisotopic (exact) mass is 253 g/mol. The van der Waals surface area contributed by atoms with Crippen LogP contribution < -0.4 is 5.32 Å². The highest BCUT2D eigenvalue weighted by Gasteiger charge is 2.19. The van der Waals surface area contributed by atoms with Gasteiger partial charge in [0.2, 0.25) is 0 Å². The number of ether oxygens (including phenoxy) is 1. The van der Waals surface area contributed by atoms with E-state index in [1.54, 1.807) is 0 Å². The zero-order valence-corrected chi connectivity index (χ0v) is 11.0. The first-order valence-electron chi connectivity index (χ1n) is 6.31. The lowest BCUT2D eigenvalue weighted by molar-refractivity contribution is 0.0558. The summed E-state index contributed by atoms with van der Waals surface area (Å²) < 4.78 is 5.38. The molecular formula is C14H20ClNO. The number of halogens is 1. The number of nitrogens with one attached hydrogen (secondary N) is 1. The topological polar surface area (TPSA) is 21.3 Å². The molecule has 0 aromatic heterocycles. The van der Waals surface area contributed by atoms with Crippen LogP contribution in [0.2, 0.25) is 5.02 Å². The lowest BCUT2D eigenvalue weighted by Gasteiger charge is -2.28. The SMILES string of the molecule is CC(NCc1cccc(Cl)c1)C1CCOCC1. The van der Waals surface area contributed by atoms with Crippen LogP contribution in [0.4, 0.5) is 0 Å². The summed E-state index contributed by atoms with van der Waals surface area (Å²) in [5, 5.41) is 4.39. The normalized spacial score (nSPS) is 19.2. The van der Waals surface area contributed by atoms with Crippen molar-refractivity contribution in [2.75, 3.05) is 13.2 Å². The van der Waals surface area contributed by atoms with Crippen molar-refractivity contribution in [3.05, 3.63) is 34.9 Å². The quantitative estimate of drug-likeness (QED) is 0.890. The Labute approximate surface area is 108 Å². The molecule has 0 amide bonds. The predicted molar refractivity (Wildman–Crippen MR) is 71.3 cm³/mol. The highest BCUT2D eigenvalue weighted by atomic mass is 35.5. The number of hydrogen-bond acceptors (Lipinski definition) is 2. The average Bonchev–Trinajstić information content (AvgIpc) is 2.37. The molecule has 1 aromatic carbocycles. The minimum absolute atomic E-state index is 0.540. The molecule has 1 fully saturated rings. The van der Waals surface area contributed by atoms with Crippen LogP contribution in [0.3, 0.4) is 0 Å². The van der Waals surface area contributed by atoms with Crippen molar-refractivity contribution in [2.45, 2.75) is 32.4 Å². The van der Waals surface area contributed by atoms with E-state index in [9.17, 15) is 0 Å². The van der Waals surface area contributed by atoms with Crippen molar-refractivity contribution >= 4 is 11.6 Å². The molecule has 1 N–H and O–H groups in total. The second-order valence-corrected chi connectivity index (χ2v) is 5.19. The Morgan fingerprint density at radius 2 is 2.18 bits per heavy atom. The maximum absolute atomic E-state index is 5.96. The fourth-order valence-corrected chi connectivity index (χ4v) is 2.52. The second-order valence-electron chi connectivity index (χ2n) is 4.75. The van der Waals surface area contributed by atoms with Gasteiger partial charge in [0.25, 0.3) is 0 Å². The maximum atomic E-state index is 5.96. The van der Waals surface area contributed by atoms with Crippen LogP contribution in [-0.2, 0) is 11.3 Å². The fourth-order valence-electron chi connectivity index (χ4n) is 2.31. The van der Waals surface area contributed by atoms with Gasteiger partial charge in [-0.3, -0.25) is 0 Å². The van der Waals surface area contributed by atoms with E-state index in [0.29, 0.717) is 6.04 Å². The lowest BCUT2D eigenvalue weighted by Crippen LogP contribution is -2.36. The van der Waals surface area contributed by atoms with E-state index in [1.807, 2.05) is 18.2 Å². The summed E-state index contributed by atoms with van der Waals surface area (Å²) in [5.41, 5.74) is 1.25. The van der Waals surface area contributed by atoms with Crippen molar-refractivity contribution < 1.29 is 4.74 Å². The summed E-state index contributed by atoms with van der Waals surface area (Å²) in [7, 11) is 0. The lowest BCUT2D eigenvalue weighted by atomic mass is 9.93. The van der Waals surface area contributed by atoms with Crippen LogP contribution in [0.1, 0.15) is 25.3 Å². The van der Waals surface area contributed by atoms with Crippen molar-refractivity contribution in [1.29, 1.82) is 0 Å². The van der Waals surface area contributed by atoms with Crippen molar-refractivity contribution in [2.24, 2.45) is 5.92 Å². The van der Waals surface area contributed by atoms with Crippen molar-refractivity contribution in [1.82, 2.24) is 5.32 Å². The summed E-state index contributed by atoms with van der Waals surface area (Å²) in [5.74, 6) is 0.739. The third kappa shape index (κ3) is 3.98. The third-order valence-corrected chi connectivity index (χ3v) is 3.73. The van der Waals surface area contributed by atoms with E-state index in [1.165, 1.54) is 18.4 Å². The van der Waals surface area contributed by atoms with Gasteiger partial charge in [0.15, 0.2) is 0 Å². The van der Waals surface area contributed by atoms with Crippen LogP contribution in [0.5, 0.6) is 0 Å². The number of hydrogen-bond donors (Lipinski definition) is 1. The van der Waals surface area contributed by atoms with Gasteiger partial charge in [-0.25, -0.2) is 0 Å². The Balaban J connectivity index is 1.80. The first-order valence-corrected chi connectivity index (χ1v) is 6.69. The van der Waals surface area contributed by atoms with Gasteiger partial charge in [-0.1, -0.05) is 23.7 Å². The molecule has 3 heteroatoms. The molecule has 2 rings (SSSR count). The summed E-state index contributed by atoms with van der Waals surface area (Å²) in [6.45, 7) is 4.97. The van der Waals surface area contributed by atoms with Gasteiger partial charge in [-0.05, 0) is 43.4 Å². The Bertz CT molecular complexity index is 350. The summed E-state index contributed by atoms with van der Waals surface area (Å²) in [6, 6.07) is 8.57. The standard InChI is InChI=1S/C14H20ClNO/c1-11(13-5-7-17-8-6-13)16-10-12-3-2-4-14(15)9-12/h2-4,9,11,13,16H,5-8,10H2,1H3. The minimum atomic E-state index is 0.540. The number of benzene rings is 1. The minimum Gasteiger partial charge on any atom is -0.381 e. The molecule has 0 aliphatic carbocycles. The molecule has 1 unspecified atom stereocenters. The van der Waals surface area contributed by atoms with Crippen molar-refractivity contribution in [3.63, 3.8) is 0 Å². The maximum Gasteiger partial charge on any atom is 0.0469 e. The van der Waals surface area contributed by atoms with Gasteiger partial charge in [0, 0.05) is 30.8 Å². The van der Waals surface area contributed by atoms with Crippen LogP contribution >= 0.6 is 11.6 Å². The molecule has 1 aliphatic heterocycles. The molecule has 2 nitrogen and oxygen atoms in total. The van der Waals surface area contributed by atoms with E-state index in [4.69, 9.17) is 16.3 Å². The Morgan fingerprint density at radius 1 is 1.41 bits per heavy atom. The highest BCUT2D eigenvalue weighted by Crippen LogP contribution is 2.19. The molecule has 94 valence electrons. The van der Waals surface area contributed by atoms with Gasteiger partial charge in [0.05, 0.1) is 0 Å². The largest absolute Gasteiger partial charge is 0.381 e. The molecule has 1 aliphatic rings. The Hall–Kier alpha value is -0.570. The molecule has 1 saturated heterocycles.